The maximum Gasteiger partial charge on any atom is 0.306 e. The van der Waals surface area contributed by atoms with Gasteiger partial charge in [0.05, 0.1) is 0 Å². The van der Waals surface area contributed by atoms with E-state index in [-0.39, 0.29) is 37.5 Å². The van der Waals surface area contributed by atoms with Gasteiger partial charge in [0.15, 0.2) is 6.10 Å². The number of carbonyl (C=O) groups is 3. The summed E-state index contributed by atoms with van der Waals surface area (Å²) in [5.41, 5.74) is 0. The molecule has 0 aromatic rings. The van der Waals surface area contributed by atoms with Gasteiger partial charge in [0.25, 0.3) is 0 Å². The van der Waals surface area contributed by atoms with Crippen molar-refractivity contribution in [1.82, 2.24) is 0 Å². The largest absolute Gasteiger partial charge is 0.462 e. The second-order valence-corrected chi connectivity index (χ2v) is 20.2. The van der Waals surface area contributed by atoms with Crippen LogP contribution >= 0.6 is 0 Å². The number of carbonyl (C=O) groups excluding carboxylic acids is 3. The molecule has 0 aromatic heterocycles. The van der Waals surface area contributed by atoms with Crippen LogP contribution in [-0.4, -0.2) is 37.2 Å². The molecule has 0 spiro atoms. The second-order valence-electron chi connectivity index (χ2n) is 20.2. The first-order chi connectivity index (χ1) is 37.0. The van der Waals surface area contributed by atoms with Crippen molar-refractivity contribution in [2.75, 3.05) is 13.2 Å². The molecule has 0 aromatic carbocycles. The summed E-state index contributed by atoms with van der Waals surface area (Å²) in [4.78, 5) is 38.1. The SMILES string of the molecule is CC/C=C\C/C=C\C/C=C\C/C=C\C/C=C\C/C=C\CCCCC(=O)OC(COC(=O)CCCCCCCCCCC)COC(=O)CCCCCCCCCCCCCCCC/C=C\C/C=C\C/C=C\C/C=C\CC. The van der Waals surface area contributed by atoms with Crippen molar-refractivity contribution in [3.63, 3.8) is 0 Å². The van der Waals surface area contributed by atoms with Gasteiger partial charge in [0.2, 0.25) is 0 Å². The lowest BCUT2D eigenvalue weighted by Crippen LogP contribution is -2.30. The van der Waals surface area contributed by atoms with Gasteiger partial charge in [-0.15, -0.1) is 0 Å². The van der Waals surface area contributed by atoms with E-state index < -0.39 is 6.10 Å². The zero-order valence-electron chi connectivity index (χ0n) is 48.8. The summed E-state index contributed by atoms with van der Waals surface area (Å²) in [6, 6.07) is 0. The Kier molecular flexibility index (Phi) is 58.9. The topological polar surface area (TPSA) is 78.9 Å². The molecule has 0 heterocycles. The highest BCUT2D eigenvalue weighted by atomic mass is 16.6. The van der Waals surface area contributed by atoms with Gasteiger partial charge in [0, 0.05) is 19.3 Å². The van der Waals surface area contributed by atoms with E-state index in [9.17, 15) is 14.4 Å². The average Bonchev–Trinajstić information content (AvgIpc) is 3.41. The summed E-state index contributed by atoms with van der Waals surface area (Å²) < 4.78 is 16.8. The zero-order chi connectivity index (χ0) is 54.3. The molecule has 0 aliphatic heterocycles. The van der Waals surface area contributed by atoms with Crippen LogP contribution in [0, 0.1) is 0 Å². The number of hydrogen-bond donors (Lipinski definition) is 0. The van der Waals surface area contributed by atoms with Crippen LogP contribution in [0.3, 0.4) is 0 Å². The van der Waals surface area contributed by atoms with E-state index in [4.69, 9.17) is 14.2 Å². The summed E-state index contributed by atoms with van der Waals surface area (Å²) in [6.07, 6.45) is 86.4. The van der Waals surface area contributed by atoms with Crippen LogP contribution in [0.5, 0.6) is 0 Å². The van der Waals surface area contributed by atoms with Crippen molar-refractivity contribution < 1.29 is 28.6 Å². The third-order valence-electron chi connectivity index (χ3n) is 13.0. The fourth-order valence-electron chi connectivity index (χ4n) is 8.38. The van der Waals surface area contributed by atoms with Crippen LogP contribution < -0.4 is 0 Å². The van der Waals surface area contributed by atoms with Crippen molar-refractivity contribution >= 4 is 17.9 Å². The predicted octanol–water partition coefficient (Wildman–Crippen LogP) is 21.2. The lowest BCUT2D eigenvalue weighted by atomic mass is 10.0. The molecule has 0 saturated carbocycles. The van der Waals surface area contributed by atoms with Gasteiger partial charge in [0.1, 0.15) is 13.2 Å². The summed E-state index contributed by atoms with van der Waals surface area (Å²) in [5, 5.41) is 0. The van der Waals surface area contributed by atoms with Crippen molar-refractivity contribution in [3.8, 4) is 0 Å². The molecular formula is C69H114O6. The summed E-state index contributed by atoms with van der Waals surface area (Å²) in [5.74, 6) is -0.940. The van der Waals surface area contributed by atoms with E-state index in [2.05, 4.69) is 142 Å². The summed E-state index contributed by atoms with van der Waals surface area (Å²) in [6.45, 7) is 6.37. The molecule has 1 atom stereocenters. The Morgan fingerprint density at radius 2 is 0.520 bits per heavy atom. The molecule has 6 nitrogen and oxygen atoms in total. The molecule has 1 unspecified atom stereocenters. The molecule has 0 aliphatic carbocycles. The van der Waals surface area contributed by atoms with Crippen LogP contribution in [0.1, 0.15) is 278 Å². The maximum atomic E-state index is 12.9. The van der Waals surface area contributed by atoms with Crippen LogP contribution in [0.4, 0.5) is 0 Å². The normalized spacial score (nSPS) is 12.9. The molecule has 0 fully saturated rings. The van der Waals surface area contributed by atoms with E-state index in [0.717, 1.165) is 116 Å². The fourth-order valence-corrected chi connectivity index (χ4v) is 8.38. The molecule has 426 valence electrons. The minimum atomic E-state index is -0.802. The smallest absolute Gasteiger partial charge is 0.306 e. The molecule has 0 aliphatic rings. The quantitative estimate of drug-likeness (QED) is 0.0261. The van der Waals surface area contributed by atoms with Crippen LogP contribution in [0.15, 0.2) is 122 Å². The number of rotatable bonds is 55. The number of esters is 3. The highest BCUT2D eigenvalue weighted by molar-refractivity contribution is 5.71. The summed E-state index contributed by atoms with van der Waals surface area (Å²) >= 11 is 0. The van der Waals surface area contributed by atoms with Gasteiger partial charge in [-0.05, 0) is 109 Å². The Morgan fingerprint density at radius 1 is 0.280 bits per heavy atom. The highest BCUT2D eigenvalue weighted by Gasteiger charge is 2.19. The Bertz CT molecular complexity index is 1570. The van der Waals surface area contributed by atoms with Gasteiger partial charge in [-0.3, -0.25) is 14.4 Å². The van der Waals surface area contributed by atoms with Gasteiger partial charge in [-0.25, -0.2) is 0 Å². The number of ether oxygens (including phenoxy) is 3. The molecular weight excluding hydrogens is 925 g/mol. The fraction of sp³-hybridized carbons (Fsp3) is 0.667. The number of hydrogen-bond acceptors (Lipinski definition) is 6. The lowest BCUT2D eigenvalue weighted by molar-refractivity contribution is -0.167. The second kappa shape index (κ2) is 62.4. The first kappa shape index (κ1) is 70.8. The van der Waals surface area contributed by atoms with E-state index in [1.54, 1.807) is 0 Å². The third kappa shape index (κ3) is 60.6. The molecule has 75 heavy (non-hydrogen) atoms. The van der Waals surface area contributed by atoms with E-state index >= 15 is 0 Å². The van der Waals surface area contributed by atoms with Crippen molar-refractivity contribution in [3.05, 3.63) is 122 Å². The maximum absolute atomic E-state index is 12.9. The highest BCUT2D eigenvalue weighted by Crippen LogP contribution is 2.16. The first-order valence-corrected chi connectivity index (χ1v) is 31.0. The number of unbranched alkanes of at least 4 members (excludes halogenated alkanes) is 24. The Morgan fingerprint density at radius 3 is 0.840 bits per heavy atom. The third-order valence-corrected chi connectivity index (χ3v) is 13.0. The van der Waals surface area contributed by atoms with Gasteiger partial charge in [-0.1, -0.05) is 271 Å². The van der Waals surface area contributed by atoms with Crippen LogP contribution in [0.2, 0.25) is 0 Å². The minimum absolute atomic E-state index is 0.0957. The van der Waals surface area contributed by atoms with Gasteiger partial charge >= 0.3 is 17.9 Å². The van der Waals surface area contributed by atoms with Crippen molar-refractivity contribution in [2.24, 2.45) is 0 Å². The molecule has 0 amide bonds. The van der Waals surface area contributed by atoms with E-state index in [1.807, 2.05) is 0 Å². The van der Waals surface area contributed by atoms with Gasteiger partial charge in [-0.2, -0.15) is 0 Å². The van der Waals surface area contributed by atoms with E-state index in [0.29, 0.717) is 19.3 Å². The average molecular weight is 1040 g/mol. The standard InChI is InChI=1S/C69H114O6/c1-4-7-10-13-16-19-21-23-25-27-29-31-32-33-34-35-36-38-39-41-43-45-47-50-53-56-59-62-68(71)74-65-66(64-73-67(70)61-58-55-52-49-18-15-12-9-6-3)75-69(72)63-60-57-54-51-48-46-44-42-40-37-30-28-26-24-22-20-17-14-11-8-5-2/h7-8,10-11,16-17,19-20,23-26,29-31,37,42,44,48,51,66H,4-6,9,12-15,18,21-22,27-28,32-36,38-41,43,45-47,49-50,52-65H2,1-3H3/b10-7-,11-8-,19-16-,20-17-,25-23-,26-24-,31-29-,37-30-,44-42-,51-48-. The molecule has 0 bridgehead atoms. The number of allylic oxidation sites excluding steroid dienone is 20. The first-order valence-electron chi connectivity index (χ1n) is 31.0. The Balaban J connectivity index is 4.28. The molecule has 0 N–H and O–H groups in total. The molecule has 6 heteroatoms. The van der Waals surface area contributed by atoms with Crippen LogP contribution in [0.25, 0.3) is 0 Å². The van der Waals surface area contributed by atoms with E-state index in [1.165, 1.54) is 116 Å². The molecule has 0 saturated heterocycles. The monoisotopic (exact) mass is 1040 g/mol. The lowest BCUT2D eigenvalue weighted by Gasteiger charge is -2.18. The molecule has 0 rings (SSSR count). The van der Waals surface area contributed by atoms with Crippen LogP contribution in [-0.2, 0) is 28.6 Å². The Labute approximate surface area is 462 Å². The summed E-state index contributed by atoms with van der Waals surface area (Å²) in [7, 11) is 0. The predicted molar refractivity (Wildman–Crippen MR) is 325 cm³/mol. The van der Waals surface area contributed by atoms with Crippen molar-refractivity contribution in [2.45, 2.75) is 284 Å². The molecule has 0 radical (unpaired) electrons. The Hall–Kier alpha value is -4.19. The minimum Gasteiger partial charge on any atom is -0.462 e. The zero-order valence-corrected chi connectivity index (χ0v) is 48.8. The van der Waals surface area contributed by atoms with Gasteiger partial charge < -0.3 is 14.2 Å². The van der Waals surface area contributed by atoms with Crippen molar-refractivity contribution in [1.29, 1.82) is 0 Å².